The summed E-state index contributed by atoms with van der Waals surface area (Å²) in [4.78, 5) is 12.1. The minimum absolute atomic E-state index is 0.0379. The van der Waals surface area contributed by atoms with E-state index in [1.807, 2.05) is 0 Å². The van der Waals surface area contributed by atoms with Gasteiger partial charge < -0.3 is 5.32 Å². The van der Waals surface area contributed by atoms with Gasteiger partial charge in [0.15, 0.2) is 0 Å². The lowest BCUT2D eigenvalue weighted by atomic mass is 10.0. The van der Waals surface area contributed by atoms with Gasteiger partial charge in [0.1, 0.15) is 0 Å². The van der Waals surface area contributed by atoms with Crippen molar-refractivity contribution in [2.24, 2.45) is 0 Å². The third kappa shape index (κ3) is 5.89. The molecule has 0 heterocycles. The van der Waals surface area contributed by atoms with Crippen LogP contribution in [0.2, 0.25) is 0 Å². The van der Waals surface area contributed by atoms with Crippen LogP contribution in [0.5, 0.6) is 0 Å². The summed E-state index contributed by atoms with van der Waals surface area (Å²) in [6.07, 6.45) is 4.14. The zero-order valence-electron chi connectivity index (χ0n) is 14.6. The van der Waals surface area contributed by atoms with Crippen molar-refractivity contribution in [3.05, 3.63) is 70.1 Å². The molecule has 0 radical (unpaired) electrons. The van der Waals surface area contributed by atoms with E-state index in [4.69, 9.17) is 0 Å². The molecule has 0 saturated heterocycles. The third-order valence-electron chi connectivity index (χ3n) is 3.90. The summed E-state index contributed by atoms with van der Waals surface area (Å²) in [5.41, 5.74) is 5.22. The lowest BCUT2D eigenvalue weighted by molar-refractivity contribution is -0.118. The van der Waals surface area contributed by atoms with Gasteiger partial charge in [0.25, 0.3) is 0 Å². The molecule has 0 atom stereocenters. The first kappa shape index (κ1) is 18.3. The molecular weight excluding hydrogens is 314 g/mol. The van der Waals surface area contributed by atoms with Crippen molar-refractivity contribution < 1.29 is 4.79 Å². The largest absolute Gasteiger partial charge is 0.356 e. The maximum atomic E-state index is 10.9. The second-order valence-electron chi connectivity index (χ2n) is 5.96. The fraction of sp³-hybridized carbons (Fsp3) is 0.286. The van der Waals surface area contributed by atoms with Gasteiger partial charge in [0, 0.05) is 18.4 Å². The van der Waals surface area contributed by atoms with E-state index in [1.165, 1.54) is 27.1 Å². The Bertz CT molecular complexity index is 701. The van der Waals surface area contributed by atoms with E-state index in [2.05, 4.69) is 73.1 Å². The molecule has 2 aromatic carbocycles. The van der Waals surface area contributed by atoms with Crippen molar-refractivity contribution in [3.8, 4) is 0 Å². The molecule has 0 aromatic heterocycles. The Hall–Kier alpha value is -2.00. The van der Waals surface area contributed by atoms with E-state index >= 15 is 0 Å². The second kappa shape index (κ2) is 9.33. The maximum Gasteiger partial charge on any atom is 0.216 e. The van der Waals surface area contributed by atoms with Gasteiger partial charge in [-0.1, -0.05) is 42.1 Å². The van der Waals surface area contributed by atoms with Crippen molar-refractivity contribution in [2.45, 2.75) is 38.5 Å². The molecule has 2 nitrogen and oxygen atoms in total. The van der Waals surface area contributed by atoms with Crippen molar-refractivity contribution in [1.82, 2.24) is 5.32 Å². The molecule has 2 rings (SSSR count). The zero-order chi connectivity index (χ0) is 17.4. The van der Waals surface area contributed by atoms with Crippen LogP contribution in [0.3, 0.4) is 0 Å². The van der Waals surface area contributed by atoms with Crippen LogP contribution in [0.1, 0.15) is 35.6 Å². The highest BCUT2D eigenvalue weighted by Crippen LogP contribution is 2.23. The summed E-state index contributed by atoms with van der Waals surface area (Å²) < 4.78 is 0. The first-order chi connectivity index (χ1) is 11.6. The molecule has 0 aliphatic heterocycles. The minimum atomic E-state index is 0.0379. The van der Waals surface area contributed by atoms with E-state index in [0.29, 0.717) is 0 Å². The van der Waals surface area contributed by atoms with Crippen molar-refractivity contribution in [1.29, 1.82) is 0 Å². The van der Waals surface area contributed by atoms with E-state index in [-0.39, 0.29) is 5.91 Å². The molecule has 0 unspecified atom stereocenters. The van der Waals surface area contributed by atoms with Crippen molar-refractivity contribution in [3.63, 3.8) is 0 Å². The van der Waals surface area contributed by atoms with Crippen molar-refractivity contribution in [2.75, 3.05) is 6.54 Å². The molecule has 0 spiro atoms. The van der Waals surface area contributed by atoms with Crippen LogP contribution >= 0.6 is 11.8 Å². The molecular formula is C21H25NOS. The van der Waals surface area contributed by atoms with Gasteiger partial charge in [-0.25, -0.2) is 0 Å². The number of carbonyl (C=O) groups is 1. The van der Waals surface area contributed by atoms with Crippen molar-refractivity contribution >= 4 is 23.7 Å². The Morgan fingerprint density at radius 1 is 1.12 bits per heavy atom. The average Bonchev–Trinajstić information content (AvgIpc) is 2.55. The highest BCUT2D eigenvalue weighted by molar-refractivity contribution is 8.02. The molecule has 126 valence electrons. The number of hydrogen-bond donors (Lipinski definition) is 1. The number of hydrogen-bond acceptors (Lipinski definition) is 2. The SMILES string of the molecule is CC(=O)NCCCc1cccc(S/C=C/c2c(C)cccc2C)c1. The number of aryl methyl sites for hydroxylation is 3. The predicted octanol–water partition coefficient (Wildman–Crippen LogP) is 5.14. The fourth-order valence-electron chi connectivity index (χ4n) is 2.60. The lowest BCUT2D eigenvalue weighted by Crippen LogP contribution is -2.21. The molecule has 1 N–H and O–H groups in total. The minimum Gasteiger partial charge on any atom is -0.356 e. The molecule has 2 aromatic rings. The molecule has 24 heavy (non-hydrogen) atoms. The van der Waals surface area contributed by atoms with Crippen LogP contribution in [-0.2, 0) is 11.2 Å². The van der Waals surface area contributed by atoms with Gasteiger partial charge >= 0.3 is 0 Å². The van der Waals surface area contributed by atoms with Crippen LogP contribution in [0, 0.1) is 13.8 Å². The molecule has 0 aliphatic carbocycles. The molecule has 0 fully saturated rings. The molecule has 0 bridgehead atoms. The van der Waals surface area contributed by atoms with E-state index in [9.17, 15) is 4.79 Å². The topological polar surface area (TPSA) is 29.1 Å². The summed E-state index contributed by atoms with van der Waals surface area (Å²) >= 11 is 1.74. The standard InChI is InChI=1S/C21H25NOS/c1-16-7-4-8-17(2)21(16)12-14-24-20-11-5-9-19(15-20)10-6-13-22-18(3)23/h4-5,7-9,11-12,14-15H,6,10,13H2,1-3H3,(H,22,23)/b14-12+. The zero-order valence-corrected chi connectivity index (χ0v) is 15.5. The quantitative estimate of drug-likeness (QED) is 0.559. The fourth-order valence-corrected chi connectivity index (χ4v) is 3.34. The first-order valence-electron chi connectivity index (χ1n) is 8.29. The Morgan fingerprint density at radius 3 is 2.54 bits per heavy atom. The highest BCUT2D eigenvalue weighted by Gasteiger charge is 1.99. The summed E-state index contributed by atoms with van der Waals surface area (Å²) in [6.45, 7) is 6.58. The lowest BCUT2D eigenvalue weighted by Gasteiger charge is -2.05. The normalized spacial score (nSPS) is 11.0. The monoisotopic (exact) mass is 339 g/mol. The van der Waals surface area contributed by atoms with Gasteiger partial charge in [0.2, 0.25) is 5.91 Å². The van der Waals surface area contributed by atoms with Gasteiger partial charge in [-0.05, 0) is 72.6 Å². The number of thioether (sulfide) groups is 1. The number of carbonyl (C=O) groups excluding carboxylic acids is 1. The summed E-state index contributed by atoms with van der Waals surface area (Å²) in [6, 6.07) is 15.0. The van der Waals surface area contributed by atoms with Gasteiger partial charge in [-0.2, -0.15) is 0 Å². The van der Waals surface area contributed by atoms with E-state index < -0.39 is 0 Å². The summed E-state index contributed by atoms with van der Waals surface area (Å²) in [5, 5.41) is 5.00. The van der Waals surface area contributed by atoms with Crippen LogP contribution < -0.4 is 5.32 Å². The third-order valence-corrected chi connectivity index (χ3v) is 4.69. The maximum absolute atomic E-state index is 10.9. The number of nitrogens with one attached hydrogen (secondary N) is 1. The van der Waals surface area contributed by atoms with Crippen LogP contribution in [-0.4, -0.2) is 12.5 Å². The summed E-state index contributed by atoms with van der Waals surface area (Å²) in [7, 11) is 0. The highest BCUT2D eigenvalue weighted by atomic mass is 32.2. The average molecular weight is 340 g/mol. The number of rotatable bonds is 7. The number of benzene rings is 2. The Kier molecular flexibility index (Phi) is 7.13. The summed E-state index contributed by atoms with van der Waals surface area (Å²) in [5.74, 6) is 0.0379. The smallest absolute Gasteiger partial charge is 0.216 e. The molecule has 0 saturated carbocycles. The van der Waals surface area contributed by atoms with Crippen LogP contribution in [0.25, 0.3) is 6.08 Å². The molecule has 1 amide bonds. The second-order valence-corrected chi connectivity index (χ2v) is 6.94. The van der Waals surface area contributed by atoms with Crippen LogP contribution in [0.15, 0.2) is 52.8 Å². The Balaban J connectivity index is 1.92. The van der Waals surface area contributed by atoms with Crippen LogP contribution in [0.4, 0.5) is 0 Å². The Morgan fingerprint density at radius 2 is 1.83 bits per heavy atom. The molecule has 3 heteroatoms. The van der Waals surface area contributed by atoms with E-state index in [1.54, 1.807) is 18.7 Å². The Labute approximate surface area is 149 Å². The van der Waals surface area contributed by atoms with E-state index in [0.717, 1.165) is 19.4 Å². The number of amides is 1. The molecule has 0 aliphatic rings. The first-order valence-corrected chi connectivity index (χ1v) is 9.17. The predicted molar refractivity (Wildman–Crippen MR) is 104 cm³/mol. The van der Waals surface area contributed by atoms with Gasteiger partial charge in [0.05, 0.1) is 0 Å². The van der Waals surface area contributed by atoms with Gasteiger partial charge in [-0.15, -0.1) is 0 Å². The van der Waals surface area contributed by atoms with Gasteiger partial charge in [-0.3, -0.25) is 4.79 Å².